The van der Waals surface area contributed by atoms with Crippen LogP contribution in [0.15, 0.2) is 18.2 Å². The number of aromatic carboxylic acids is 2. The van der Waals surface area contributed by atoms with Gasteiger partial charge in [-0.3, -0.25) is 0 Å². The zero-order chi connectivity index (χ0) is 14.4. The maximum atomic E-state index is 10.6. The Bertz CT molecular complexity index is 458. The average Bonchev–Trinajstić information content (AvgIpc) is 2.28. The zero-order valence-corrected chi connectivity index (χ0v) is 11.3. The quantitative estimate of drug-likeness (QED) is 0.874. The summed E-state index contributed by atoms with van der Waals surface area (Å²) >= 11 is 0. The third-order valence-electron chi connectivity index (χ3n) is 3.52. The highest BCUT2D eigenvalue weighted by Crippen LogP contribution is 2.28. The van der Waals surface area contributed by atoms with Gasteiger partial charge in [0.05, 0.1) is 11.1 Å². The maximum Gasteiger partial charge on any atom is 0.335 e. The first-order chi connectivity index (χ1) is 8.95. The monoisotopic (exact) mass is 264 g/mol. The molecule has 0 aliphatic heterocycles. The molecule has 4 heteroatoms. The molecule has 2 N–H and O–H groups in total. The van der Waals surface area contributed by atoms with Gasteiger partial charge < -0.3 is 10.2 Å². The largest absolute Gasteiger partial charge is 0.478 e. The number of aryl methyl sites for hydroxylation is 1. The van der Waals surface area contributed by atoms with Crippen LogP contribution in [0.1, 0.15) is 58.9 Å². The van der Waals surface area contributed by atoms with Gasteiger partial charge in [0.1, 0.15) is 0 Å². The van der Waals surface area contributed by atoms with Crippen LogP contribution in [0.5, 0.6) is 0 Å². The molecule has 0 atom stereocenters. The first-order valence-corrected chi connectivity index (χ1v) is 6.53. The summed E-state index contributed by atoms with van der Waals surface area (Å²) in [4.78, 5) is 21.1. The van der Waals surface area contributed by atoms with E-state index in [2.05, 4.69) is 6.92 Å². The van der Waals surface area contributed by atoms with Crippen LogP contribution < -0.4 is 0 Å². The molecule has 1 aliphatic carbocycles. The van der Waals surface area contributed by atoms with Crippen LogP contribution in [0.4, 0.5) is 0 Å². The summed E-state index contributed by atoms with van der Waals surface area (Å²) in [5, 5.41) is 17.3. The van der Waals surface area contributed by atoms with Crippen LogP contribution in [0.2, 0.25) is 0 Å². The number of hydrogen-bond donors (Lipinski definition) is 2. The van der Waals surface area contributed by atoms with E-state index >= 15 is 0 Å². The van der Waals surface area contributed by atoms with E-state index in [4.69, 9.17) is 10.2 Å². The summed E-state index contributed by atoms with van der Waals surface area (Å²) in [7, 11) is 0. The molecule has 4 nitrogen and oxygen atoms in total. The molecule has 0 amide bonds. The molecule has 104 valence electrons. The molecule has 0 heterocycles. The maximum absolute atomic E-state index is 10.6. The Morgan fingerprint density at radius 3 is 2.16 bits per heavy atom. The summed E-state index contributed by atoms with van der Waals surface area (Å²) in [6.07, 6.45) is 5.94. The van der Waals surface area contributed by atoms with Crippen molar-refractivity contribution in [3.05, 3.63) is 34.9 Å². The molecule has 0 unspecified atom stereocenters. The van der Waals surface area contributed by atoms with Gasteiger partial charge in [-0.05, 0) is 30.5 Å². The Balaban J connectivity index is 0.000000250. The predicted molar refractivity (Wildman–Crippen MR) is 72.7 cm³/mol. The highest BCUT2D eigenvalue weighted by molar-refractivity contribution is 5.94. The molecule has 1 saturated carbocycles. The van der Waals surface area contributed by atoms with Crippen LogP contribution in [0.3, 0.4) is 0 Å². The lowest BCUT2D eigenvalue weighted by Gasteiger charge is -2.22. The van der Waals surface area contributed by atoms with Crippen LogP contribution in [-0.4, -0.2) is 22.2 Å². The number of carboxylic acids is 2. The first kappa shape index (κ1) is 15.2. The van der Waals surface area contributed by atoms with Crippen molar-refractivity contribution in [1.82, 2.24) is 0 Å². The third kappa shape index (κ3) is 4.39. The van der Waals surface area contributed by atoms with E-state index in [1.54, 1.807) is 6.92 Å². The predicted octanol–water partition coefficient (Wildman–Crippen LogP) is 3.59. The lowest BCUT2D eigenvalue weighted by atomic mass is 9.84. The van der Waals surface area contributed by atoms with Crippen molar-refractivity contribution in [2.24, 2.45) is 5.92 Å². The Morgan fingerprint density at radius 2 is 1.84 bits per heavy atom. The second-order valence-electron chi connectivity index (χ2n) is 4.85. The molecule has 1 aromatic rings. The Labute approximate surface area is 113 Å². The smallest absolute Gasteiger partial charge is 0.335 e. The lowest BCUT2D eigenvalue weighted by Crippen LogP contribution is -2.08. The molecule has 0 aromatic heterocycles. The second kappa shape index (κ2) is 6.92. The minimum absolute atomic E-state index is 0.0111. The van der Waals surface area contributed by atoms with Crippen molar-refractivity contribution in [1.29, 1.82) is 0 Å². The van der Waals surface area contributed by atoms with E-state index in [1.165, 1.54) is 37.8 Å². The first-order valence-electron chi connectivity index (χ1n) is 6.53. The van der Waals surface area contributed by atoms with Crippen molar-refractivity contribution in [3.8, 4) is 0 Å². The summed E-state index contributed by atoms with van der Waals surface area (Å²) in [5.41, 5.74) is 0.570. The summed E-state index contributed by atoms with van der Waals surface area (Å²) in [6, 6.07) is 4.01. The number of carbonyl (C=O) groups is 2. The SMILES string of the molecule is CCC1CCC1.Cc1ccc(C(=O)O)cc1C(=O)O. The molecule has 0 saturated heterocycles. The Kier molecular flexibility index (Phi) is 5.55. The van der Waals surface area contributed by atoms with Gasteiger partial charge in [0.25, 0.3) is 0 Å². The molecule has 0 spiro atoms. The van der Waals surface area contributed by atoms with Gasteiger partial charge in [-0.15, -0.1) is 0 Å². The number of carboxylic acid groups (broad SMARTS) is 2. The number of hydrogen-bond acceptors (Lipinski definition) is 2. The molecule has 0 radical (unpaired) electrons. The van der Waals surface area contributed by atoms with E-state index in [1.807, 2.05) is 0 Å². The highest BCUT2D eigenvalue weighted by Gasteiger charge is 2.13. The standard InChI is InChI=1S/C9H8O4.C6H12/c1-5-2-3-6(8(10)11)4-7(5)9(12)13;1-2-6-4-3-5-6/h2-4H,1H3,(H,10,11)(H,12,13);6H,2-5H2,1H3. The fourth-order valence-corrected chi connectivity index (χ4v) is 1.89. The van der Waals surface area contributed by atoms with Gasteiger partial charge in [-0.25, -0.2) is 9.59 Å². The van der Waals surface area contributed by atoms with Gasteiger partial charge in [-0.1, -0.05) is 38.7 Å². The van der Waals surface area contributed by atoms with Crippen LogP contribution in [0, 0.1) is 12.8 Å². The summed E-state index contributed by atoms with van der Waals surface area (Å²) in [5.74, 6) is -1.12. The van der Waals surface area contributed by atoms with Crippen LogP contribution in [-0.2, 0) is 0 Å². The second-order valence-corrected chi connectivity index (χ2v) is 4.85. The Hall–Kier alpha value is -1.84. The molecule has 1 aliphatic rings. The molecular weight excluding hydrogens is 244 g/mol. The fraction of sp³-hybridized carbons (Fsp3) is 0.467. The van der Waals surface area contributed by atoms with Gasteiger partial charge >= 0.3 is 11.9 Å². The molecule has 0 bridgehead atoms. The Morgan fingerprint density at radius 1 is 1.21 bits per heavy atom. The average molecular weight is 264 g/mol. The molecule has 1 aromatic carbocycles. The fourth-order valence-electron chi connectivity index (χ4n) is 1.89. The minimum Gasteiger partial charge on any atom is -0.478 e. The number of rotatable bonds is 3. The molecule has 2 rings (SSSR count). The lowest BCUT2D eigenvalue weighted by molar-refractivity contribution is 0.0695. The highest BCUT2D eigenvalue weighted by atomic mass is 16.4. The van der Waals surface area contributed by atoms with Crippen LogP contribution in [0.25, 0.3) is 0 Å². The normalized spacial score (nSPS) is 14.0. The van der Waals surface area contributed by atoms with E-state index in [9.17, 15) is 9.59 Å². The molecule has 1 fully saturated rings. The van der Waals surface area contributed by atoms with Crippen LogP contribution >= 0.6 is 0 Å². The van der Waals surface area contributed by atoms with Gasteiger partial charge in [-0.2, -0.15) is 0 Å². The van der Waals surface area contributed by atoms with Crippen molar-refractivity contribution in [3.63, 3.8) is 0 Å². The third-order valence-corrected chi connectivity index (χ3v) is 3.52. The zero-order valence-electron chi connectivity index (χ0n) is 11.3. The van der Waals surface area contributed by atoms with Gasteiger partial charge in [0.15, 0.2) is 0 Å². The van der Waals surface area contributed by atoms with Crippen molar-refractivity contribution in [2.75, 3.05) is 0 Å². The minimum atomic E-state index is -1.12. The summed E-state index contributed by atoms with van der Waals surface area (Å²) < 4.78 is 0. The molecular formula is C15H20O4. The molecule has 19 heavy (non-hydrogen) atoms. The van der Waals surface area contributed by atoms with Gasteiger partial charge in [0, 0.05) is 0 Å². The van der Waals surface area contributed by atoms with E-state index in [-0.39, 0.29) is 11.1 Å². The van der Waals surface area contributed by atoms with E-state index in [0.29, 0.717) is 5.56 Å². The van der Waals surface area contributed by atoms with E-state index in [0.717, 1.165) is 12.0 Å². The van der Waals surface area contributed by atoms with Crippen molar-refractivity contribution in [2.45, 2.75) is 39.5 Å². The van der Waals surface area contributed by atoms with Gasteiger partial charge in [0.2, 0.25) is 0 Å². The number of benzene rings is 1. The van der Waals surface area contributed by atoms with Crippen molar-refractivity contribution >= 4 is 11.9 Å². The van der Waals surface area contributed by atoms with E-state index < -0.39 is 11.9 Å². The topological polar surface area (TPSA) is 74.6 Å². The van der Waals surface area contributed by atoms with Crippen molar-refractivity contribution < 1.29 is 19.8 Å². The summed E-state index contributed by atoms with van der Waals surface area (Å²) in [6.45, 7) is 3.90.